The van der Waals surface area contributed by atoms with Crippen molar-refractivity contribution in [1.29, 1.82) is 0 Å². The third-order valence-electron chi connectivity index (χ3n) is 3.73. The summed E-state index contributed by atoms with van der Waals surface area (Å²) in [6.07, 6.45) is 0. The number of hydrogen-bond acceptors (Lipinski definition) is 8. The number of Topliss-reactive ketones (excluding diaryl/α,β-unsaturated/α-hetero) is 1. The molecular weight excluding hydrogens is 365 g/mol. The molecule has 0 aliphatic rings. The number of nitrogen functional groups attached to an aromatic ring is 1. The Morgan fingerprint density at radius 3 is 2.54 bits per heavy atom. The Kier molecular flexibility index (Phi) is 5.64. The average molecular weight is 383 g/mol. The van der Waals surface area contributed by atoms with Crippen LogP contribution in [-0.4, -0.2) is 27.8 Å². The molecule has 0 bridgehead atoms. The summed E-state index contributed by atoms with van der Waals surface area (Å²) in [5.41, 5.74) is 6.85. The van der Waals surface area contributed by atoms with Crippen LogP contribution in [0.2, 0.25) is 0 Å². The zero-order valence-corrected chi connectivity index (χ0v) is 15.3. The highest BCUT2D eigenvalue weighted by atomic mass is 19.1. The highest BCUT2D eigenvalue weighted by Crippen LogP contribution is 2.29. The number of nitrogens with zero attached hydrogens (tertiary/aromatic N) is 3. The summed E-state index contributed by atoms with van der Waals surface area (Å²) in [4.78, 5) is 23.8. The zero-order valence-electron chi connectivity index (χ0n) is 15.3. The first-order valence-electron chi connectivity index (χ1n) is 8.29. The number of hydrogen-bond donors (Lipinski definition) is 2. The van der Waals surface area contributed by atoms with Crippen molar-refractivity contribution in [2.75, 3.05) is 18.2 Å². The topological polar surface area (TPSA) is 112 Å². The van der Waals surface area contributed by atoms with E-state index in [1.165, 1.54) is 26.2 Å². The van der Waals surface area contributed by atoms with Gasteiger partial charge in [0.15, 0.2) is 23.1 Å². The van der Waals surface area contributed by atoms with Crippen LogP contribution < -0.4 is 20.5 Å². The molecule has 3 rings (SSSR count). The molecule has 0 radical (unpaired) electrons. The van der Waals surface area contributed by atoms with Crippen LogP contribution in [0.3, 0.4) is 0 Å². The van der Waals surface area contributed by atoms with Gasteiger partial charge in [0.1, 0.15) is 12.4 Å². The van der Waals surface area contributed by atoms with E-state index in [-0.39, 0.29) is 35.9 Å². The van der Waals surface area contributed by atoms with E-state index in [1.807, 2.05) is 0 Å². The minimum atomic E-state index is -0.348. The van der Waals surface area contributed by atoms with E-state index in [4.69, 9.17) is 15.2 Å². The predicted octanol–water partition coefficient (Wildman–Crippen LogP) is 3.13. The number of carbonyl (C=O) groups is 1. The number of nitrogens with one attached hydrogen (secondary N) is 1. The van der Waals surface area contributed by atoms with Crippen LogP contribution in [-0.2, 0) is 6.61 Å². The van der Waals surface area contributed by atoms with Gasteiger partial charge < -0.3 is 20.5 Å². The van der Waals surface area contributed by atoms with E-state index in [9.17, 15) is 9.18 Å². The molecule has 28 heavy (non-hydrogen) atoms. The van der Waals surface area contributed by atoms with Gasteiger partial charge in [-0.25, -0.2) is 4.39 Å². The highest BCUT2D eigenvalue weighted by molar-refractivity contribution is 5.94. The molecular formula is C19H18FN5O3. The fraction of sp³-hybridized carbons (Fsp3) is 0.158. The molecule has 0 saturated heterocycles. The number of ether oxygens (including phenoxy) is 2. The van der Waals surface area contributed by atoms with E-state index in [0.717, 1.165) is 0 Å². The molecule has 2 aromatic carbocycles. The summed E-state index contributed by atoms with van der Waals surface area (Å²) in [5.74, 6) is 0.925. The van der Waals surface area contributed by atoms with Crippen molar-refractivity contribution in [3.8, 4) is 11.5 Å². The summed E-state index contributed by atoms with van der Waals surface area (Å²) in [7, 11) is 1.48. The van der Waals surface area contributed by atoms with Crippen molar-refractivity contribution in [3.63, 3.8) is 0 Å². The molecule has 0 spiro atoms. The SMILES string of the molecule is COc1cc(C(C)=O)ccc1OCc1nc(N)nc(Nc2ccc(F)cc2)n1. The van der Waals surface area contributed by atoms with Crippen molar-refractivity contribution < 1.29 is 18.7 Å². The number of rotatable bonds is 7. The molecule has 8 nitrogen and oxygen atoms in total. The van der Waals surface area contributed by atoms with Crippen molar-refractivity contribution in [3.05, 3.63) is 59.7 Å². The van der Waals surface area contributed by atoms with Gasteiger partial charge in [0.25, 0.3) is 0 Å². The Morgan fingerprint density at radius 2 is 1.86 bits per heavy atom. The lowest BCUT2D eigenvalue weighted by Gasteiger charge is -2.12. The Balaban J connectivity index is 1.75. The number of methoxy groups -OCH3 is 1. The second-order valence-corrected chi connectivity index (χ2v) is 5.78. The normalized spacial score (nSPS) is 10.4. The zero-order chi connectivity index (χ0) is 20.1. The molecule has 0 fully saturated rings. The molecule has 0 amide bonds. The van der Waals surface area contributed by atoms with Gasteiger partial charge in [-0.05, 0) is 49.4 Å². The van der Waals surface area contributed by atoms with Crippen LogP contribution in [0.15, 0.2) is 42.5 Å². The number of aromatic nitrogens is 3. The fourth-order valence-electron chi connectivity index (χ4n) is 2.37. The Bertz CT molecular complexity index is 995. The molecule has 9 heteroatoms. The van der Waals surface area contributed by atoms with E-state index < -0.39 is 0 Å². The van der Waals surface area contributed by atoms with Crippen LogP contribution in [0, 0.1) is 5.82 Å². The van der Waals surface area contributed by atoms with Crippen molar-refractivity contribution >= 4 is 23.4 Å². The second-order valence-electron chi connectivity index (χ2n) is 5.78. The standard InChI is InChI=1S/C19H18FN5O3/c1-11(26)12-3-8-15(16(9-12)27-2)28-10-17-23-18(21)25-19(24-17)22-14-6-4-13(20)5-7-14/h3-9H,10H2,1-2H3,(H3,21,22,23,24,25). The summed E-state index contributed by atoms with van der Waals surface area (Å²) in [6.45, 7) is 1.47. The maximum atomic E-state index is 13.0. The molecule has 0 atom stereocenters. The molecule has 0 unspecified atom stereocenters. The van der Waals surface area contributed by atoms with Crippen LogP contribution in [0.5, 0.6) is 11.5 Å². The number of ketones is 1. The van der Waals surface area contributed by atoms with Crippen LogP contribution in [0.4, 0.5) is 22.0 Å². The molecule has 1 aromatic heterocycles. The monoisotopic (exact) mass is 383 g/mol. The number of benzene rings is 2. The first-order chi connectivity index (χ1) is 13.4. The third kappa shape index (κ3) is 4.70. The van der Waals surface area contributed by atoms with Crippen molar-refractivity contribution in [1.82, 2.24) is 15.0 Å². The first kappa shape index (κ1) is 19.0. The van der Waals surface area contributed by atoms with Crippen molar-refractivity contribution in [2.24, 2.45) is 0 Å². The van der Waals surface area contributed by atoms with Gasteiger partial charge in [-0.3, -0.25) is 4.79 Å². The number of carbonyl (C=O) groups excluding carboxylic acids is 1. The summed E-state index contributed by atoms with van der Waals surface area (Å²) in [5, 5.41) is 2.93. The largest absolute Gasteiger partial charge is 0.493 e. The molecule has 0 aliphatic heterocycles. The van der Waals surface area contributed by atoms with E-state index in [1.54, 1.807) is 30.3 Å². The molecule has 0 saturated carbocycles. The maximum Gasteiger partial charge on any atom is 0.232 e. The summed E-state index contributed by atoms with van der Waals surface area (Å²) < 4.78 is 24.0. The Morgan fingerprint density at radius 1 is 1.11 bits per heavy atom. The molecule has 144 valence electrons. The minimum Gasteiger partial charge on any atom is -0.493 e. The van der Waals surface area contributed by atoms with E-state index >= 15 is 0 Å². The maximum absolute atomic E-state index is 13.0. The van der Waals surface area contributed by atoms with Crippen LogP contribution >= 0.6 is 0 Å². The Labute approximate surface area is 160 Å². The van der Waals surface area contributed by atoms with Gasteiger partial charge >= 0.3 is 0 Å². The quantitative estimate of drug-likeness (QED) is 0.599. The number of nitrogens with two attached hydrogens (primary N) is 1. The van der Waals surface area contributed by atoms with Gasteiger partial charge in [0.2, 0.25) is 11.9 Å². The van der Waals surface area contributed by atoms with Gasteiger partial charge in [0.05, 0.1) is 7.11 Å². The van der Waals surface area contributed by atoms with E-state index in [2.05, 4.69) is 20.3 Å². The lowest BCUT2D eigenvalue weighted by atomic mass is 10.1. The smallest absolute Gasteiger partial charge is 0.232 e. The molecule has 3 aromatic rings. The lowest BCUT2D eigenvalue weighted by Crippen LogP contribution is -2.09. The lowest BCUT2D eigenvalue weighted by molar-refractivity contribution is 0.101. The van der Waals surface area contributed by atoms with E-state index in [0.29, 0.717) is 22.7 Å². The Hall–Kier alpha value is -3.75. The summed E-state index contributed by atoms with van der Waals surface area (Å²) in [6, 6.07) is 10.6. The second kappa shape index (κ2) is 8.30. The van der Waals surface area contributed by atoms with Gasteiger partial charge in [0, 0.05) is 11.3 Å². The van der Waals surface area contributed by atoms with Crippen LogP contribution in [0.1, 0.15) is 23.1 Å². The van der Waals surface area contributed by atoms with Crippen molar-refractivity contribution in [2.45, 2.75) is 13.5 Å². The van der Waals surface area contributed by atoms with Crippen LogP contribution in [0.25, 0.3) is 0 Å². The molecule has 0 aliphatic carbocycles. The third-order valence-corrected chi connectivity index (χ3v) is 3.73. The fourth-order valence-corrected chi connectivity index (χ4v) is 2.37. The predicted molar refractivity (Wildman–Crippen MR) is 101 cm³/mol. The van der Waals surface area contributed by atoms with Gasteiger partial charge in [-0.2, -0.15) is 15.0 Å². The summed E-state index contributed by atoms with van der Waals surface area (Å²) >= 11 is 0. The molecule has 1 heterocycles. The minimum absolute atomic E-state index is 0.000591. The molecule has 3 N–H and O–H groups in total. The highest BCUT2D eigenvalue weighted by Gasteiger charge is 2.11. The average Bonchev–Trinajstić information content (AvgIpc) is 2.67. The number of anilines is 3. The number of halogens is 1. The van der Waals surface area contributed by atoms with Gasteiger partial charge in [-0.1, -0.05) is 0 Å². The first-order valence-corrected chi connectivity index (χ1v) is 8.29. The van der Waals surface area contributed by atoms with Gasteiger partial charge in [-0.15, -0.1) is 0 Å².